The first-order valence-corrected chi connectivity index (χ1v) is 4.44. The number of aromatic nitrogens is 1. The Morgan fingerprint density at radius 1 is 1.44 bits per heavy atom. The molecule has 1 heterocycles. The van der Waals surface area contributed by atoms with Crippen LogP contribution in [0.2, 0.25) is 0 Å². The lowest BCUT2D eigenvalue weighted by Gasteiger charge is -2.13. The fourth-order valence-corrected chi connectivity index (χ4v) is 1.16. The maximum absolute atomic E-state index is 13.2. The van der Waals surface area contributed by atoms with Crippen LogP contribution in [0.3, 0.4) is 0 Å². The molecule has 0 unspecified atom stereocenters. The number of alkyl halides is 4. The fraction of sp³-hybridized carbons (Fsp3) is 0.333. The van der Waals surface area contributed by atoms with Crippen molar-refractivity contribution < 1.29 is 36.6 Å². The predicted molar refractivity (Wildman–Crippen MR) is 47.0 cm³/mol. The van der Waals surface area contributed by atoms with Gasteiger partial charge in [0.1, 0.15) is 12.4 Å². The Morgan fingerprint density at radius 3 is 2.50 bits per heavy atom. The normalized spacial score (nSPS) is 11.4. The average Bonchev–Trinajstić information content (AvgIpc) is 2.20. The van der Waals surface area contributed by atoms with Gasteiger partial charge in [-0.15, -0.1) is 13.2 Å². The lowest BCUT2D eigenvalue weighted by atomic mass is 10.1. The smallest absolute Gasteiger partial charge is 0.481 e. The topological polar surface area (TPSA) is 59.4 Å². The van der Waals surface area contributed by atoms with Crippen molar-refractivity contribution in [1.29, 1.82) is 0 Å². The van der Waals surface area contributed by atoms with E-state index in [1.807, 2.05) is 0 Å². The Balaban J connectivity index is 3.24. The molecule has 0 aliphatic carbocycles. The van der Waals surface area contributed by atoms with Gasteiger partial charge in [0.2, 0.25) is 5.95 Å². The largest absolute Gasteiger partial charge is 0.573 e. The summed E-state index contributed by atoms with van der Waals surface area (Å²) in [6.45, 7) is -1.31. The number of rotatable bonds is 4. The van der Waals surface area contributed by atoms with E-state index in [-0.39, 0.29) is 0 Å². The van der Waals surface area contributed by atoms with Crippen molar-refractivity contribution in [2.24, 2.45) is 0 Å². The van der Waals surface area contributed by atoms with E-state index >= 15 is 0 Å². The van der Waals surface area contributed by atoms with Crippen molar-refractivity contribution in [2.75, 3.05) is 0 Å². The SMILES string of the molecule is O=C(O)Cc1c(OC(F)(F)F)cc(CF)nc1F. The maximum Gasteiger partial charge on any atom is 0.573 e. The summed E-state index contributed by atoms with van der Waals surface area (Å²) in [5.41, 5.74) is -1.52. The Labute approximate surface area is 97.0 Å². The number of carbonyl (C=O) groups is 1. The highest BCUT2D eigenvalue weighted by Crippen LogP contribution is 2.29. The van der Waals surface area contributed by atoms with Gasteiger partial charge in [-0.05, 0) is 0 Å². The summed E-state index contributed by atoms with van der Waals surface area (Å²) in [5, 5.41) is 8.44. The molecule has 0 saturated carbocycles. The van der Waals surface area contributed by atoms with Crippen LogP contribution in [-0.4, -0.2) is 22.4 Å². The summed E-state index contributed by atoms with van der Waals surface area (Å²) in [4.78, 5) is 13.4. The molecule has 0 atom stereocenters. The molecule has 1 aromatic heterocycles. The van der Waals surface area contributed by atoms with Crippen LogP contribution in [0.4, 0.5) is 22.0 Å². The average molecular weight is 271 g/mol. The first kappa shape index (κ1) is 14.1. The molecule has 0 bridgehead atoms. The van der Waals surface area contributed by atoms with Crippen molar-refractivity contribution in [3.05, 3.63) is 23.3 Å². The summed E-state index contributed by atoms with van der Waals surface area (Å²) in [7, 11) is 0. The summed E-state index contributed by atoms with van der Waals surface area (Å²) >= 11 is 0. The van der Waals surface area contributed by atoms with Gasteiger partial charge in [-0.3, -0.25) is 4.79 Å². The zero-order valence-electron chi connectivity index (χ0n) is 8.59. The molecule has 0 aliphatic heterocycles. The van der Waals surface area contributed by atoms with E-state index in [0.29, 0.717) is 6.07 Å². The second-order valence-electron chi connectivity index (χ2n) is 3.13. The van der Waals surface area contributed by atoms with Crippen molar-refractivity contribution in [3.63, 3.8) is 0 Å². The number of hydrogen-bond donors (Lipinski definition) is 1. The Kier molecular flexibility index (Phi) is 4.04. The summed E-state index contributed by atoms with van der Waals surface area (Å²) in [6, 6.07) is 0.509. The third-order valence-corrected chi connectivity index (χ3v) is 1.78. The molecule has 0 saturated heterocycles. The standard InChI is InChI=1S/C9H6F5NO3/c10-3-4-1-6(18-9(12,13)14)5(2-7(16)17)8(11)15-4/h1H,2-3H2,(H,16,17). The van der Waals surface area contributed by atoms with E-state index < -0.39 is 48.4 Å². The van der Waals surface area contributed by atoms with E-state index in [4.69, 9.17) is 5.11 Å². The minimum Gasteiger partial charge on any atom is -0.481 e. The molecule has 1 N–H and O–H groups in total. The molecule has 0 amide bonds. The molecule has 18 heavy (non-hydrogen) atoms. The molecule has 0 radical (unpaired) electrons. The monoisotopic (exact) mass is 271 g/mol. The predicted octanol–water partition coefficient (Wildman–Crippen LogP) is 2.22. The Bertz CT molecular complexity index is 460. The summed E-state index contributed by atoms with van der Waals surface area (Å²) in [5.74, 6) is -4.19. The second-order valence-corrected chi connectivity index (χ2v) is 3.13. The summed E-state index contributed by atoms with van der Waals surface area (Å²) in [6.07, 6.45) is -6.20. The molecule has 1 aromatic rings. The van der Waals surface area contributed by atoms with Crippen LogP contribution in [0.15, 0.2) is 6.07 Å². The van der Waals surface area contributed by atoms with E-state index in [9.17, 15) is 26.7 Å². The molecule has 0 spiro atoms. The third kappa shape index (κ3) is 3.82. The minimum absolute atomic E-state index is 0.509. The van der Waals surface area contributed by atoms with E-state index in [1.165, 1.54) is 0 Å². The van der Waals surface area contributed by atoms with Crippen LogP contribution >= 0.6 is 0 Å². The fourth-order valence-electron chi connectivity index (χ4n) is 1.16. The van der Waals surface area contributed by atoms with Gasteiger partial charge in [-0.25, -0.2) is 9.37 Å². The molecule has 0 aromatic carbocycles. The molecule has 100 valence electrons. The highest BCUT2D eigenvalue weighted by Gasteiger charge is 2.33. The first-order valence-electron chi connectivity index (χ1n) is 4.44. The van der Waals surface area contributed by atoms with Crippen molar-refractivity contribution >= 4 is 5.97 Å². The quantitative estimate of drug-likeness (QED) is 0.673. The summed E-state index contributed by atoms with van der Waals surface area (Å²) < 4.78 is 65.0. The number of aliphatic carboxylic acids is 1. The van der Waals surface area contributed by atoms with Gasteiger partial charge in [0, 0.05) is 6.07 Å². The van der Waals surface area contributed by atoms with Gasteiger partial charge in [0.25, 0.3) is 0 Å². The number of pyridine rings is 1. The van der Waals surface area contributed by atoms with E-state index in [1.54, 1.807) is 0 Å². The first-order chi connectivity index (χ1) is 8.23. The number of ether oxygens (including phenoxy) is 1. The molecule has 4 nitrogen and oxygen atoms in total. The van der Waals surface area contributed by atoms with Crippen LogP contribution in [0.25, 0.3) is 0 Å². The number of hydrogen-bond acceptors (Lipinski definition) is 3. The van der Waals surface area contributed by atoms with Gasteiger partial charge < -0.3 is 9.84 Å². The van der Waals surface area contributed by atoms with Gasteiger partial charge in [-0.2, -0.15) is 4.39 Å². The van der Waals surface area contributed by atoms with Crippen LogP contribution in [0.1, 0.15) is 11.3 Å². The van der Waals surface area contributed by atoms with Crippen LogP contribution in [-0.2, 0) is 17.9 Å². The molecular weight excluding hydrogens is 265 g/mol. The van der Waals surface area contributed by atoms with Crippen molar-refractivity contribution in [2.45, 2.75) is 19.5 Å². The molecular formula is C9H6F5NO3. The lowest BCUT2D eigenvalue weighted by molar-refractivity contribution is -0.275. The van der Waals surface area contributed by atoms with Gasteiger partial charge in [-0.1, -0.05) is 0 Å². The highest BCUT2D eigenvalue weighted by atomic mass is 19.4. The van der Waals surface area contributed by atoms with Gasteiger partial charge >= 0.3 is 12.3 Å². The minimum atomic E-state index is -5.14. The maximum atomic E-state index is 13.2. The van der Waals surface area contributed by atoms with Crippen LogP contribution in [0, 0.1) is 5.95 Å². The zero-order chi connectivity index (χ0) is 13.9. The number of carboxylic acids is 1. The Hall–Kier alpha value is -1.93. The van der Waals surface area contributed by atoms with Crippen molar-refractivity contribution in [3.8, 4) is 5.75 Å². The van der Waals surface area contributed by atoms with Crippen LogP contribution in [0.5, 0.6) is 5.75 Å². The van der Waals surface area contributed by atoms with Crippen LogP contribution < -0.4 is 4.74 Å². The molecule has 0 aliphatic rings. The number of carboxylic acid groups (broad SMARTS) is 1. The zero-order valence-corrected chi connectivity index (χ0v) is 8.59. The van der Waals surface area contributed by atoms with Gasteiger partial charge in [0.15, 0.2) is 0 Å². The number of halogens is 5. The van der Waals surface area contributed by atoms with Crippen molar-refractivity contribution in [1.82, 2.24) is 4.98 Å². The van der Waals surface area contributed by atoms with E-state index in [0.717, 1.165) is 0 Å². The lowest BCUT2D eigenvalue weighted by Crippen LogP contribution is -2.20. The van der Waals surface area contributed by atoms with Gasteiger partial charge in [0.05, 0.1) is 17.7 Å². The van der Waals surface area contributed by atoms with E-state index in [2.05, 4.69) is 9.72 Å². The number of nitrogens with zero attached hydrogens (tertiary/aromatic N) is 1. The molecule has 1 rings (SSSR count). The highest BCUT2D eigenvalue weighted by molar-refractivity contribution is 5.71. The molecule has 0 fully saturated rings. The third-order valence-electron chi connectivity index (χ3n) is 1.78. The molecule has 9 heteroatoms. The Morgan fingerprint density at radius 2 is 2.06 bits per heavy atom. The second kappa shape index (κ2) is 5.15.